The van der Waals surface area contributed by atoms with Crippen molar-refractivity contribution in [3.63, 3.8) is 0 Å². The molecule has 1 unspecified atom stereocenters. The Kier molecular flexibility index (Phi) is 5.68. The molecule has 6 heteroatoms. The first-order chi connectivity index (χ1) is 12.0. The van der Waals surface area contributed by atoms with Crippen molar-refractivity contribution in [3.8, 4) is 0 Å². The predicted molar refractivity (Wildman–Crippen MR) is 97.2 cm³/mol. The van der Waals surface area contributed by atoms with Gasteiger partial charge in [-0.15, -0.1) is 0 Å². The van der Waals surface area contributed by atoms with E-state index in [2.05, 4.69) is 21.4 Å². The Hall–Kier alpha value is -1.95. The number of aryl methyl sites for hydroxylation is 1. The van der Waals surface area contributed by atoms with Crippen LogP contribution in [0, 0.1) is 0 Å². The van der Waals surface area contributed by atoms with Crippen LogP contribution < -0.4 is 10.9 Å². The Morgan fingerprint density at radius 1 is 1.36 bits per heavy atom. The first-order valence-corrected chi connectivity index (χ1v) is 9.30. The molecule has 1 aromatic heterocycles. The Morgan fingerprint density at radius 3 is 2.96 bits per heavy atom. The minimum atomic E-state index is -0.197. The van der Waals surface area contributed by atoms with E-state index in [0.29, 0.717) is 13.1 Å². The summed E-state index contributed by atoms with van der Waals surface area (Å²) in [5.41, 5.74) is 3.29. The second-order valence-electron chi connectivity index (χ2n) is 7.12. The molecule has 25 heavy (non-hydrogen) atoms. The van der Waals surface area contributed by atoms with Crippen molar-refractivity contribution >= 4 is 5.91 Å². The van der Waals surface area contributed by atoms with Gasteiger partial charge in [0.1, 0.15) is 0 Å². The van der Waals surface area contributed by atoms with E-state index in [1.165, 1.54) is 35.9 Å². The zero-order valence-corrected chi connectivity index (χ0v) is 15.3. The van der Waals surface area contributed by atoms with Gasteiger partial charge in [-0.3, -0.25) is 14.5 Å². The van der Waals surface area contributed by atoms with Crippen LogP contribution in [0.3, 0.4) is 0 Å². The molecule has 1 amide bonds. The Labute approximate surface area is 148 Å². The van der Waals surface area contributed by atoms with Gasteiger partial charge in [-0.1, -0.05) is 11.6 Å². The van der Waals surface area contributed by atoms with Crippen LogP contribution >= 0.6 is 0 Å². The molecule has 1 aliphatic heterocycles. The standard InChI is InChI=1S/C19H28N4O2/c1-14(19(25)20-10-8-15-6-4-3-5-7-15)23-11-9-17-16(13-23)12-18(24)22(2)21-17/h6,12,14H,3-5,7-11,13H2,1-2H3,(H,20,25). The van der Waals surface area contributed by atoms with Crippen molar-refractivity contribution in [3.05, 3.63) is 39.3 Å². The number of carbonyl (C=O) groups excluding carboxylic acids is 1. The maximum atomic E-state index is 12.5. The zero-order chi connectivity index (χ0) is 17.8. The Bertz CT molecular complexity index is 723. The zero-order valence-electron chi connectivity index (χ0n) is 15.3. The van der Waals surface area contributed by atoms with Crippen molar-refractivity contribution in [1.29, 1.82) is 0 Å². The van der Waals surface area contributed by atoms with E-state index >= 15 is 0 Å². The van der Waals surface area contributed by atoms with Crippen molar-refractivity contribution in [1.82, 2.24) is 20.0 Å². The van der Waals surface area contributed by atoms with Crippen molar-refractivity contribution < 1.29 is 4.79 Å². The third kappa shape index (κ3) is 4.37. The lowest BCUT2D eigenvalue weighted by Crippen LogP contribution is -2.47. The van der Waals surface area contributed by atoms with Crippen LogP contribution in [0.25, 0.3) is 0 Å². The fraction of sp³-hybridized carbons (Fsp3) is 0.632. The van der Waals surface area contributed by atoms with Gasteiger partial charge < -0.3 is 5.32 Å². The highest BCUT2D eigenvalue weighted by atomic mass is 16.2. The summed E-state index contributed by atoms with van der Waals surface area (Å²) < 4.78 is 1.38. The monoisotopic (exact) mass is 344 g/mol. The fourth-order valence-electron chi connectivity index (χ4n) is 3.64. The molecule has 0 spiro atoms. The molecule has 0 saturated carbocycles. The maximum absolute atomic E-state index is 12.5. The van der Waals surface area contributed by atoms with Crippen molar-refractivity contribution in [2.24, 2.45) is 7.05 Å². The maximum Gasteiger partial charge on any atom is 0.266 e. The quantitative estimate of drug-likeness (QED) is 0.823. The van der Waals surface area contributed by atoms with Gasteiger partial charge in [-0.2, -0.15) is 5.10 Å². The molecule has 3 rings (SSSR count). The lowest BCUT2D eigenvalue weighted by molar-refractivity contribution is -0.126. The summed E-state index contributed by atoms with van der Waals surface area (Å²) >= 11 is 0. The number of carbonyl (C=O) groups is 1. The number of hydrogen-bond acceptors (Lipinski definition) is 4. The van der Waals surface area contributed by atoms with Crippen LogP contribution in [0.1, 0.15) is 50.3 Å². The molecule has 0 saturated heterocycles. The average Bonchev–Trinajstić information content (AvgIpc) is 2.62. The molecule has 2 heterocycles. The molecule has 0 fully saturated rings. The summed E-state index contributed by atoms with van der Waals surface area (Å²) in [6, 6.07) is 1.45. The Balaban J connectivity index is 1.53. The lowest BCUT2D eigenvalue weighted by atomic mass is 9.97. The molecule has 1 N–H and O–H groups in total. The van der Waals surface area contributed by atoms with Gasteiger partial charge in [-0.25, -0.2) is 4.68 Å². The highest BCUT2D eigenvalue weighted by molar-refractivity contribution is 5.81. The van der Waals surface area contributed by atoms with E-state index in [1.807, 2.05) is 6.92 Å². The van der Waals surface area contributed by atoms with Crippen LogP contribution in [-0.4, -0.2) is 39.7 Å². The minimum absolute atomic E-state index is 0.0663. The number of amides is 1. The van der Waals surface area contributed by atoms with Crippen molar-refractivity contribution in [2.75, 3.05) is 13.1 Å². The normalized spacial score (nSPS) is 19.0. The topological polar surface area (TPSA) is 67.2 Å². The first-order valence-electron chi connectivity index (χ1n) is 9.30. The van der Waals surface area contributed by atoms with Gasteiger partial charge in [-0.05, 0) is 44.6 Å². The summed E-state index contributed by atoms with van der Waals surface area (Å²) in [5.74, 6) is 0.0663. The summed E-state index contributed by atoms with van der Waals surface area (Å²) in [6.45, 7) is 4.05. The summed E-state index contributed by atoms with van der Waals surface area (Å²) in [5, 5.41) is 7.39. The van der Waals surface area contributed by atoms with Crippen molar-refractivity contribution in [2.45, 2.75) is 58.0 Å². The van der Waals surface area contributed by atoms with Gasteiger partial charge in [0.15, 0.2) is 0 Å². The van der Waals surface area contributed by atoms with E-state index in [9.17, 15) is 9.59 Å². The molecule has 1 aromatic rings. The predicted octanol–water partition coefficient (Wildman–Crippen LogP) is 1.53. The number of nitrogens with zero attached hydrogens (tertiary/aromatic N) is 3. The minimum Gasteiger partial charge on any atom is -0.354 e. The number of nitrogens with one attached hydrogen (secondary N) is 1. The molecule has 0 aromatic carbocycles. The number of rotatable bonds is 5. The molecule has 2 aliphatic rings. The SMILES string of the molecule is CC(C(=O)NCCC1=CCCCC1)N1CCc2nn(C)c(=O)cc2C1. The average molecular weight is 344 g/mol. The van der Waals surface area contributed by atoms with Crippen LogP contribution in [0.5, 0.6) is 0 Å². The highest BCUT2D eigenvalue weighted by Gasteiger charge is 2.26. The van der Waals surface area contributed by atoms with Gasteiger partial charge in [0, 0.05) is 39.2 Å². The van der Waals surface area contributed by atoms with Gasteiger partial charge in [0.05, 0.1) is 11.7 Å². The van der Waals surface area contributed by atoms with E-state index in [-0.39, 0.29) is 17.5 Å². The van der Waals surface area contributed by atoms with Crippen LogP contribution in [0.15, 0.2) is 22.5 Å². The Morgan fingerprint density at radius 2 is 2.20 bits per heavy atom. The molecule has 1 aliphatic carbocycles. The number of allylic oxidation sites excluding steroid dienone is 1. The largest absolute Gasteiger partial charge is 0.354 e. The number of fused-ring (bicyclic) bond motifs is 1. The third-order valence-electron chi connectivity index (χ3n) is 5.32. The van der Waals surface area contributed by atoms with Crippen LogP contribution in [0.4, 0.5) is 0 Å². The van der Waals surface area contributed by atoms with Gasteiger partial charge in [0.25, 0.3) is 5.56 Å². The second kappa shape index (κ2) is 7.95. The third-order valence-corrected chi connectivity index (χ3v) is 5.32. The molecular weight excluding hydrogens is 316 g/mol. The van der Waals surface area contributed by atoms with E-state index in [0.717, 1.165) is 30.6 Å². The molecule has 1 atom stereocenters. The summed E-state index contributed by atoms with van der Waals surface area (Å²) in [7, 11) is 1.67. The summed E-state index contributed by atoms with van der Waals surface area (Å²) in [6.07, 6.45) is 8.98. The van der Waals surface area contributed by atoms with E-state index < -0.39 is 0 Å². The molecule has 6 nitrogen and oxygen atoms in total. The smallest absolute Gasteiger partial charge is 0.266 e. The highest BCUT2D eigenvalue weighted by Crippen LogP contribution is 2.20. The van der Waals surface area contributed by atoms with Gasteiger partial charge in [0.2, 0.25) is 5.91 Å². The first kappa shape index (κ1) is 17.9. The lowest BCUT2D eigenvalue weighted by Gasteiger charge is -2.32. The van der Waals surface area contributed by atoms with Crippen LogP contribution in [0.2, 0.25) is 0 Å². The fourth-order valence-corrected chi connectivity index (χ4v) is 3.64. The molecule has 0 bridgehead atoms. The number of aromatic nitrogens is 2. The van der Waals surface area contributed by atoms with E-state index in [4.69, 9.17) is 0 Å². The second-order valence-corrected chi connectivity index (χ2v) is 7.12. The molecule has 0 radical (unpaired) electrons. The molecule has 136 valence electrons. The van der Waals surface area contributed by atoms with Crippen LogP contribution in [-0.2, 0) is 24.8 Å². The molecular formula is C19H28N4O2. The van der Waals surface area contributed by atoms with Gasteiger partial charge >= 0.3 is 0 Å². The van der Waals surface area contributed by atoms with E-state index in [1.54, 1.807) is 13.1 Å². The summed E-state index contributed by atoms with van der Waals surface area (Å²) in [4.78, 5) is 26.4. The number of hydrogen-bond donors (Lipinski definition) is 1.